The third kappa shape index (κ3) is 4.01. The smallest absolute Gasteiger partial charge is 0.0356 e. The highest BCUT2D eigenvalue weighted by molar-refractivity contribution is 9.10. The average molecular weight is 351 g/mol. The molecule has 1 aliphatic carbocycles. The SMILES string of the molecule is Cc1cc(Br)cc(NC2CCCCC2C2CCCCN2)c1. The van der Waals surface area contributed by atoms with Gasteiger partial charge in [0.25, 0.3) is 0 Å². The number of nitrogens with one attached hydrogen (secondary N) is 2. The van der Waals surface area contributed by atoms with Crippen LogP contribution in [0.1, 0.15) is 50.5 Å². The Morgan fingerprint density at radius 1 is 1.05 bits per heavy atom. The second kappa shape index (κ2) is 7.15. The molecular weight excluding hydrogens is 324 g/mol. The van der Waals surface area contributed by atoms with Crippen molar-refractivity contribution in [3.63, 3.8) is 0 Å². The molecule has 2 aliphatic rings. The zero-order chi connectivity index (χ0) is 14.7. The van der Waals surface area contributed by atoms with Gasteiger partial charge in [0.2, 0.25) is 0 Å². The van der Waals surface area contributed by atoms with Crippen molar-refractivity contribution >= 4 is 21.6 Å². The normalized spacial score (nSPS) is 30.1. The van der Waals surface area contributed by atoms with Gasteiger partial charge >= 0.3 is 0 Å². The fourth-order valence-corrected chi connectivity index (χ4v) is 4.71. The molecule has 21 heavy (non-hydrogen) atoms. The number of piperidine rings is 1. The van der Waals surface area contributed by atoms with Crippen LogP contribution < -0.4 is 10.6 Å². The van der Waals surface area contributed by atoms with Crippen LogP contribution >= 0.6 is 15.9 Å². The molecule has 2 N–H and O–H groups in total. The van der Waals surface area contributed by atoms with E-state index in [4.69, 9.17) is 0 Å². The molecule has 0 spiro atoms. The van der Waals surface area contributed by atoms with Crippen molar-refractivity contribution in [2.24, 2.45) is 5.92 Å². The number of halogens is 1. The van der Waals surface area contributed by atoms with Gasteiger partial charge in [0, 0.05) is 22.2 Å². The molecule has 3 heteroatoms. The lowest BCUT2D eigenvalue weighted by atomic mass is 9.77. The summed E-state index contributed by atoms with van der Waals surface area (Å²) in [5.41, 5.74) is 2.59. The summed E-state index contributed by atoms with van der Waals surface area (Å²) in [5, 5.41) is 7.62. The lowest BCUT2D eigenvalue weighted by Crippen LogP contribution is -2.48. The molecule has 2 nitrogen and oxygen atoms in total. The number of hydrogen-bond donors (Lipinski definition) is 2. The lowest BCUT2D eigenvalue weighted by Gasteiger charge is -2.40. The van der Waals surface area contributed by atoms with Crippen molar-refractivity contribution in [2.75, 3.05) is 11.9 Å². The van der Waals surface area contributed by atoms with Crippen LogP contribution in [-0.2, 0) is 0 Å². The van der Waals surface area contributed by atoms with Gasteiger partial charge in [0.15, 0.2) is 0 Å². The number of rotatable bonds is 3. The minimum Gasteiger partial charge on any atom is -0.382 e. The van der Waals surface area contributed by atoms with Gasteiger partial charge < -0.3 is 10.6 Å². The first-order valence-corrected chi connectivity index (χ1v) is 9.29. The molecule has 3 rings (SSSR count). The summed E-state index contributed by atoms with van der Waals surface area (Å²) in [5.74, 6) is 0.790. The van der Waals surface area contributed by atoms with E-state index in [0.29, 0.717) is 6.04 Å². The van der Waals surface area contributed by atoms with Crippen LogP contribution in [0.2, 0.25) is 0 Å². The van der Waals surface area contributed by atoms with Crippen LogP contribution in [0.15, 0.2) is 22.7 Å². The molecule has 3 unspecified atom stereocenters. The Hall–Kier alpha value is -0.540. The molecule has 2 fully saturated rings. The minimum atomic E-state index is 0.628. The van der Waals surface area contributed by atoms with Crippen LogP contribution in [-0.4, -0.2) is 18.6 Å². The quantitative estimate of drug-likeness (QED) is 0.812. The van der Waals surface area contributed by atoms with E-state index in [0.717, 1.165) is 12.0 Å². The Kier molecular flexibility index (Phi) is 5.23. The van der Waals surface area contributed by atoms with Crippen LogP contribution in [0.5, 0.6) is 0 Å². The van der Waals surface area contributed by atoms with Crippen molar-refractivity contribution < 1.29 is 0 Å². The molecule has 1 saturated carbocycles. The van der Waals surface area contributed by atoms with Gasteiger partial charge in [-0.05, 0) is 68.8 Å². The van der Waals surface area contributed by atoms with E-state index in [1.807, 2.05) is 0 Å². The predicted octanol–water partition coefficient (Wildman–Crippen LogP) is 4.87. The summed E-state index contributed by atoms with van der Waals surface area (Å²) in [7, 11) is 0. The molecule has 1 aromatic rings. The van der Waals surface area contributed by atoms with Crippen molar-refractivity contribution in [2.45, 2.75) is 64.0 Å². The Morgan fingerprint density at radius 2 is 1.86 bits per heavy atom. The van der Waals surface area contributed by atoms with Crippen LogP contribution in [0.25, 0.3) is 0 Å². The number of hydrogen-bond acceptors (Lipinski definition) is 2. The van der Waals surface area contributed by atoms with Gasteiger partial charge in [-0.25, -0.2) is 0 Å². The molecule has 1 aromatic carbocycles. The summed E-state index contributed by atoms with van der Waals surface area (Å²) in [6.45, 7) is 3.38. The lowest BCUT2D eigenvalue weighted by molar-refractivity contribution is 0.217. The molecule has 1 aliphatic heterocycles. The zero-order valence-electron chi connectivity index (χ0n) is 13.0. The third-order valence-electron chi connectivity index (χ3n) is 5.08. The van der Waals surface area contributed by atoms with E-state index in [9.17, 15) is 0 Å². The summed E-state index contributed by atoms with van der Waals surface area (Å²) in [6, 6.07) is 8.01. The molecular formula is C18H27BrN2. The number of benzene rings is 1. The molecule has 116 valence electrons. The monoisotopic (exact) mass is 350 g/mol. The highest BCUT2D eigenvalue weighted by atomic mass is 79.9. The Morgan fingerprint density at radius 3 is 2.62 bits per heavy atom. The second-order valence-electron chi connectivity index (χ2n) is 6.77. The zero-order valence-corrected chi connectivity index (χ0v) is 14.6. The van der Waals surface area contributed by atoms with Gasteiger partial charge in [0.1, 0.15) is 0 Å². The van der Waals surface area contributed by atoms with Gasteiger partial charge in [0.05, 0.1) is 0 Å². The molecule has 0 aromatic heterocycles. The van der Waals surface area contributed by atoms with E-state index in [-0.39, 0.29) is 0 Å². The Balaban J connectivity index is 1.71. The fourth-order valence-electron chi connectivity index (χ4n) is 4.10. The average Bonchev–Trinajstić information content (AvgIpc) is 2.48. The van der Waals surface area contributed by atoms with E-state index in [2.05, 4.69) is 51.7 Å². The maximum Gasteiger partial charge on any atom is 0.0356 e. The summed E-state index contributed by atoms with van der Waals surface area (Å²) < 4.78 is 1.17. The van der Waals surface area contributed by atoms with Crippen molar-refractivity contribution in [3.05, 3.63) is 28.2 Å². The molecule has 1 saturated heterocycles. The molecule has 3 atom stereocenters. The van der Waals surface area contributed by atoms with Gasteiger partial charge in [-0.2, -0.15) is 0 Å². The van der Waals surface area contributed by atoms with Crippen LogP contribution in [0, 0.1) is 12.8 Å². The Labute approximate surface area is 137 Å². The van der Waals surface area contributed by atoms with Crippen LogP contribution in [0.3, 0.4) is 0 Å². The molecule has 1 heterocycles. The first kappa shape index (κ1) is 15.4. The van der Waals surface area contributed by atoms with E-state index in [1.54, 1.807) is 0 Å². The Bertz CT molecular complexity index is 448. The predicted molar refractivity (Wildman–Crippen MR) is 93.9 cm³/mol. The van der Waals surface area contributed by atoms with Gasteiger partial charge in [-0.15, -0.1) is 0 Å². The molecule has 0 amide bonds. The van der Waals surface area contributed by atoms with E-state index < -0.39 is 0 Å². The fraction of sp³-hybridized carbons (Fsp3) is 0.667. The standard InChI is InChI=1S/C18H27BrN2/c1-13-10-14(19)12-15(11-13)21-18-8-3-2-6-16(18)17-7-4-5-9-20-17/h10-12,16-18,20-21H,2-9H2,1H3. The summed E-state index contributed by atoms with van der Waals surface area (Å²) >= 11 is 3.62. The molecule has 0 radical (unpaired) electrons. The maximum absolute atomic E-state index is 3.84. The third-order valence-corrected chi connectivity index (χ3v) is 5.54. The van der Waals surface area contributed by atoms with Crippen molar-refractivity contribution in [1.82, 2.24) is 5.32 Å². The topological polar surface area (TPSA) is 24.1 Å². The summed E-state index contributed by atoms with van der Waals surface area (Å²) in [4.78, 5) is 0. The van der Waals surface area contributed by atoms with Crippen LogP contribution in [0.4, 0.5) is 5.69 Å². The highest BCUT2D eigenvalue weighted by Gasteiger charge is 2.32. The largest absolute Gasteiger partial charge is 0.382 e. The van der Waals surface area contributed by atoms with Crippen molar-refractivity contribution in [1.29, 1.82) is 0 Å². The van der Waals surface area contributed by atoms with Crippen molar-refractivity contribution in [3.8, 4) is 0 Å². The number of aryl methyl sites for hydroxylation is 1. The minimum absolute atomic E-state index is 0.628. The molecule has 0 bridgehead atoms. The van der Waals surface area contributed by atoms with E-state index in [1.165, 1.54) is 67.2 Å². The first-order chi connectivity index (χ1) is 10.2. The first-order valence-electron chi connectivity index (χ1n) is 8.49. The summed E-state index contributed by atoms with van der Waals surface area (Å²) in [6.07, 6.45) is 9.58. The van der Waals surface area contributed by atoms with E-state index >= 15 is 0 Å². The highest BCUT2D eigenvalue weighted by Crippen LogP contribution is 2.33. The maximum atomic E-state index is 3.84. The van der Waals surface area contributed by atoms with Gasteiger partial charge in [-0.3, -0.25) is 0 Å². The van der Waals surface area contributed by atoms with Gasteiger partial charge in [-0.1, -0.05) is 35.2 Å². The number of anilines is 1. The second-order valence-corrected chi connectivity index (χ2v) is 7.69.